The number of ether oxygens (including phenoxy) is 3. The molecule has 3 rings (SSSR count). The van der Waals surface area contributed by atoms with Crippen molar-refractivity contribution in [1.29, 1.82) is 0 Å². The Kier molecular flexibility index (Phi) is 2.79. The number of rotatable bonds is 3. The Morgan fingerprint density at radius 3 is 2.95 bits per heavy atom. The van der Waals surface area contributed by atoms with Crippen LogP contribution in [0.25, 0.3) is 0 Å². The summed E-state index contributed by atoms with van der Waals surface area (Å²) in [4.78, 5) is 0. The summed E-state index contributed by atoms with van der Waals surface area (Å²) in [7, 11) is 1.77. The van der Waals surface area contributed by atoms with Gasteiger partial charge in [-0.1, -0.05) is 0 Å². The number of hydrogen-bond donors (Lipinski definition) is 1. The third-order valence-electron chi connectivity index (χ3n) is 3.01. The number of aromatic nitrogens is 2. The number of aliphatic hydroxyl groups is 1. The Bertz CT molecular complexity index is 621. The molecule has 0 radical (unpaired) electrons. The van der Waals surface area contributed by atoms with Gasteiger partial charge in [0, 0.05) is 13.1 Å². The van der Waals surface area contributed by atoms with Crippen LogP contribution in [0, 0.1) is 6.92 Å². The summed E-state index contributed by atoms with van der Waals surface area (Å²) in [5.74, 6) is 2.50. The van der Waals surface area contributed by atoms with E-state index in [9.17, 15) is 5.11 Å². The number of hydrogen-bond acceptors (Lipinski definition) is 5. The van der Waals surface area contributed by atoms with E-state index in [0.717, 1.165) is 5.69 Å². The minimum atomic E-state index is -0.112. The summed E-state index contributed by atoms with van der Waals surface area (Å²) < 4.78 is 17.9. The first-order chi connectivity index (χ1) is 9.19. The van der Waals surface area contributed by atoms with Crippen molar-refractivity contribution in [3.8, 4) is 23.1 Å². The van der Waals surface area contributed by atoms with Crippen LogP contribution < -0.4 is 14.2 Å². The van der Waals surface area contributed by atoms with Crippen LogP contribution in [0.4, 0.5) is 0 Å². The molecule has 0 atom stereocenters. The summed E-state index contributed by atoms with van der Waals surface area (Å²) >= 11 is 0. The number of aryl methyl sites for hydroxylation is 2. The molecule has 0 amide bonds. The quantitative estimate of drug-likeness (QED) is 0.912. The van der Waals surface area contributed by atoms with E-state index in [4.69, 9.17) is 14.2 Å². The molecule has 2 heterocycles. The average Bonchev–Trinajstić information content (AvgIpc) is 2.94. The molecule has 1 aromatic heterocycles. The van der Waals surface area contributed by atoms with Gasteiger partial charge in [0.1, 0.15) is 5.75 Å². The SMILES string of the molecule is Cc1nn(C)c(Oc2ccc3c(c2)OCO3)c1CO. The zero-order valence-corrected chi connectivity index (χ0v) is 10.7. The van der Waals surface area contributed by atoms with Crippen LogP contribution in [0.5, 0.6) is 23.1 Å². The number of aliphatic hydroxyl groups excluding tert-OH is 1. The van der Waals surface area contributed by atoms with Crippen LogP contribution >= 0.6 is 0 Å². The Labute approximate surface area is 110 Å². The predicted molar refractivity (Wildman–Crippen MR) is 66.5 cm³/mol. The van der Waals surface area contributed by atoms with Gasteiger partial charge in [0.2, 0.25) is 12.7 Å². The van der Waals surface area contributed by atoms with Gasteiger partial charge in [-0.25, -0.2) is 4.68 Å². The molecule has 1 aliphatic heterocycles. The zero-order valence-electron chi connectivity index (χ0n) is 10.7. The van der Waals surface area contributed by atoms with E-state index in [1.54, 1.807) is 29.9 Å². The van der Waals surface area contributed by atoms with Crippen LogP contribution in [0.1, 0.15) is 11.3 Å². The Balaban J connectivity index is 1.93. The monoisotopic (exact) mass is 262 g/mol. The fraction of sp³-hybridized carbons (Fsp3) is 0.308. The van der Waals surface area contributed by atoms with Gasteiger partial charge in [0.25, 0.3) is 0 Å². The lowest BCUT2D eigenvalue weighted by atomic mass is 10.2. The largest absolute Gasteiger partial charge is 0.454 e. The molecule has 2 aromatic rings. The van der Waals surface area contributed by atoms with Gasteiger partial charge >= 0.3 is 0 Å². The summed E-state index contributed by atoms with van der Waals surface area (Å²) in [5, 5.41) is 13.6. The van der Waals surface area contributed by atoms with Crippen LogP contribution in [-0.4, -0.2) is 21.7 Å². The van der Waals surface area contributed by atoms with E-state index in [1.807, 2.05) is 6.92 Å². The number of fused-ring (bicyclic) bond motifs is 1. The molecule has 1 aliphatic rings. The van der Waals surface area contributed by atoms with Crippen molar-refractivity contribution in [3.63, 3.8) is 0 Å². The van der Waals surface area contributed by atoms with Crippen molar-refractivity contribution < 1.29 is 19.3 Å². The smallest absolute Gasteiger partial charge is 0.231 e. The fourth-order valence-corrected chi connectivity index (χ4v) is 2.04. The first kappa shape index (κ1) is 11.9. The lowest BCUT2D eigenvalue weighted by molar-refractivity contribution is 0.174. The Hall–Kier alpha value is -2.21. The Morgan fingerprint density at radius 2 is 2.16 bits per heavy atom. The average molecular weight is 262 g/mol. The van der Waals surface area contributed by atoms with Gasteiger partial charge < -0.3 is 19.3 Å². The second kappa shape index (κ2) is 4.47. The normalized spacial score (nSPS) is 12.8. The maximum absolute atomic E-state index is 9.37. The van der Waals surface area contributed by atoms with Crippen LogP contribution in [-0.2, 0) is 13.7 Å². The molecule has 1 aromatic carbocycles. The van der Waals surface area contributed by atoms with Gasteiger partial charge in [0.05, 0.1) is 17.9 Å². The zero-order chi connectivity index (χ0) is 13.4. The molecule has 100 valence electrons. The molecular formula is C13H14N2O4. The molecule has 0 saturated carbocycles. The van der Waals surface area contributed by atoms with Crippen LogP contribution in [0.2, 0.25) is 0 Å². The van der Waals surface area contributed by atoms with Crippen molar-refractivity contribution in [1.82, 2.24) is 9.78 Å². The highest BCUT2D eigenvalue weighted by atomic mass is 16.7. The highest BCUT2D eigenvalue weighted by molar-refractivity contribution is 5.48. The van der Waals surface area contributed by atoms with Gasteiger partial charge in [0.15, 0.2) is 11.5 Å². The third-order valence-corrected chi connectivity index (χ3v) is 3.01. The predicted octanol–water partition coefficient (Wildman–Crippen LogP) is 1.74. The molecule has 0 aliphatic carbocycles. The highest BCUT2D eigenvalue weighted by Gasteiger charge is 2.17. The molecule has 6 nitrogen and oxygen atoms in total. The summed E-state index contributed by atoms with van der Waals surface area (Å²) in [6.07, 6.45) is 0. The summed E-state index contributed by atoms with van der Waals surface area (Å²) in [6.45, 7) is 1.95. The van der Waals surface area contributed by atoms with E-state index in [0.29, 0.717) is 28.7 Å². The van der Waals surface area contributed by atoms with Crippen molar-refractivity contribution in [2.75, 3.05) is 6.79 Å². The summed E-state index contributed by atoms with van der Waals surface area (Å²) in [6, 6.07) is 5.34. The second-order valence-electron chi connectivity index (χ2n) is 4.27. The standard InChI is InChI=1S/C13H14N2O4/c1-8-10(6-16)13(15(2)14-8)19-9-3-4-11-12(5-9)18-7-17-11/h3-5,16H,6-7H2,1-2H3. The third kappa shape index (κ3) is 2.00. The van der Waals surface area contributed by atoms with Crippen molar-refractivity contribution in [2.45, 2.75) is 13.5 Å². The molecule has 1 N–H and O–H groups in total. The number of benzene rings is 1. The van der Waals surface area contributed by atoms with Crippen molar-refractivity contribution in [3.05, 3.63) is 29.5 Å². The van der Waals surface area contributed by atoms with Crippen molar-refractivity contribution >= 4 is 0 Å². The van der Waals surface area contributed by atoms with E-state index in [2.05, 4.69) is 5.10 Å². The molecular weight excluding hydrogens is 248 g/mol. The lowest BCUT2D eigenvalue weighted by Crippen LogP contribution is -1.97. The first-order valence-electron chi connectivity index (χ1n) is 5.90. The Morgan fingerprint density at radius 1 is 1.37 bits per heavy atom. The van der Waals surface area contributed by atoms with Crippen LogP contribution in [0.15, 0.2) is 18.2 Å². The maximum Gasteiger partial charge on any atom is 0.231 e. The molecule has 0 bridgehead atoms. The maximum atomic E-state index is 9.37. The lowest BCUT2D eigenvalue weighted by Gasteiger charge is -2.08. The topological polar surface area (TPSA) is 65.7 Å². The molecule has 0 fully saturated rings. The van der Waals surface area contributed by atoms with Crippen LogP contribution in [0.3, 0.4) is 0 Å². The van der Waals surface area contributed by atoms with Gasteiger partial charge in [-0.2, -0.15) is 5.10 Å². The summed E-state index contributed by atoms with van der Waals surface area (Å²) in [5.41, 5.74) is 1.43. The molecule has 19 heavy (non-hydrogen) atoms. The molecule has 0 spiro atoms. The second-order valence-corrected chi connectivity index (χ2v) is 4.27. The highest BCUT2D eigenvalue weighted by Crippen LogP contribution is 2.37. The van der Waals surface area contributed by atoms with E-state index < -0.39 is 0 Å². The minimum Gasteiger partial charge on any atom is -0.454 e. The van der Waals surface area contributed by atoms with E-state index in [1.165, 1.54) is 0 Å². The number of nitrogens with zero attached hydrogens (tertiary/aromatic N) is 2. The van der Waals surface area contributed by atoms with E-state index in [-0.39, 0.29) is 13.4 Å². The van der Waals surface area contributed by atoms with Gasteiger partial charge in [-0.15, -0.1) is 0 Å². The van der Waals surface area contributed by atoms with E-state index >= 15 is 0 Å². The molecule has 6 heteroatoms. The van der Waals surface area contributed by atoms with Gasteiger partial charge in [-0.3, -0.25) is 0 Å². The van der Waals surface area contributed by atoms with Crippen molar-refractivity contribution in [2.24, 2.45) is 7.05 Å². The molecule has 0 saturated heterocycles. The minimum absolute atomic E-state index is 0.112. The van der Waals surface area contributed by atoms with Gasteiger partial charge in [-0.05, 0) is 19.1 Å². The first-order valence-corrected chi connectivity index (χ1v) is 5.90. The molecule has 0 unspecified atom stereocenters. The fourth-order valence-electron chi connectivity index (χ4n) is 2.04.